The van der Waals surface area contributed by atoms with Gasteiger partial charge >= 0.3 is 5.97 Å². The summed E-state index contributed by atoms with van der Waals surface area (Å²) in [4.78, 5) is 28.6. The van der Waals surface area contributed by atoms with Crippen LogP contribution in [0.2, 0.25) is 5.02 Å². The van der Waals surface area contributed by atoms with Gasteiger partial charge in [-0.3, -0.25) is 14.6 Å². The van der Waals surface area contributed by atoms with Gasteiger partial charge in [0.15, 0.2) is 5.78 Å². The zero-order valence-corrected chi connectivity index (χ0v) is 33.3. The Kier molecular flexibility index (Phi) is 10.7. The van der Waals surface area contributed by atoms with Crippen LogP contribution >= 0.6 is 11.6 Å². The Hall–Kier alpha value is -3.04. The number of Topliss-reactive ketones (excluding diaryl/α,β-unsaturated/α-hetero) is 1. The Morgan fingerprint density at radius 3 is 2.54 bits per heavy atom. The van der Waals surface area contributed by atoms with Crippen LogP contribution < -0.4 is 5.32 Å². The lowest BCUT2D eigenvalue weighted by atomic mass is 9.42. The largest absolute Gasteiger partial charge is 0.481 e. The van der Waals surface area contributed by atoms with E-state index in [4.69, 9.17) is 11.6 Å². The maximum atomic E-state index is 12.6. The maximum Gasteiger partial charge on any atom is 0.303 e. The molecule has 0 saturated heterocycles. The number of hydrogen-bond donors (Lipinski definition) is 5. The number of hydrogen-bond acceptors (Lipinski definition) is 7. The average molecular weight is 759 g/mol. The van der Waals surface area contributed by atoms with Crippen molar-refractivity contribution in [2.45, 2.75) is 130 Å². The molecule has 0 amide bonds. The van der Waals surface area contributed by atoms with Gasteiger partial charge in [-0.2, -0.15) is 0 Å². The zero-order chi connectivity index (χ0) is 38.7. The lowest BCUT2D eigenvalue weighted by molar-refractivity contribution is -0.216. The molecule has 292 valence electrons. The number of carbonyl (C=O) groups excluding carboxylic acids is 1. The molecule has 0 radical (unpaired) electrons. The SMILES string of the molecule is CC(=O)c1c(C)nc2ccccc2c1NCc1ccc(CCC2(O)CCC3(C)C(CC(O)C4C3CC(O)C3(C)C(C(C)CCC(=O)O)CCC43)C2)cc1Cl. The maximum absolute atomic E-state index is 12.6. The molecule has 9 heteroatoms. The number of aryl methyl sites for hydroxylation is 2. The molecule has 4 saturated carbocycles. The third kappa shape index (κ3) is 6.88. The summed E-state index contributed by atoms with van der Waals surface area (Å²) in [6.07, 6.45) is 6.58. The fourth-order valence-electron chi connectivity index (χ4n) is 12.4. The van der Waals surface area contributed by atoms with Crippen molar-refractivity contribution < 1.29 is 30.0 Å². The number of rotatable bonds is 11. The van der Waals surface area contributed by atoms with Crippen molar-refractivity contribution in [3.05, 3.63) is 69.9 Å². The predicted octanol–water partition coefficient (Wildman–Crippen LogP) is 8.78. The molecule has 4 aliphatic carbocycles. The Labute approximate surface area is 325 Å². The van der Waals surface area contributed by atoms with E-state index in [-0.39, 0.29) is 58.5 Å². The number of aliphatic carboxylic acids is 1. The Balaban J connectivity index is 1.00. The number of nitrogens with zero attached hydrogens (tertiary/aromatic N) is 1. The van der Waals surface area contributed by atoms with Crippen LogP contribution in [0.15, 0.2) is 42.5 Å². The highest BCUT2D eigenvalue weighted by molar-refractivity contribution is 6.31. The van der Waals surface area contributed by atoms with Crippen molar-refractivity contribution in [2.75, 3.05) is 5.32 Å². The van der Waals surface area contributed by atoms with E-state index in [9.17, 15) is 30.0 Å². The predicted molar refractivity (Wildman–Crippen MR) is 213 cm³/mol. The molecule has 54 heavy (non-hydrogen) atoms. The molecule has 4 aliphatic rings. The molecule has 1 heterocycles. The molecular formula is C45H59ClN2O6. The number of halogens is 1. The van der Waals surface area contributed by atoms with Crippen molar-refractivity contribution in [2.24, 2.45) is 46.3 Å². The van der Waals surface area contributed by atoms with Crippen molar-refractivity contribution in [3.63, 3.8) is 0 Å². The van der Waals surface area contributed by atoms with Gasteiger partial charge in [0.25, 0.3) is 0 Å². The number of carboxylic acid groups (broad SMARTS) is 1. The van der Waals surface area contributed by atoms with Gasteiger partial charge < -0.3 is 25.7 Å². The van der Waals surface area contributed by atoms with Gasteiger partial charge in [0.2, 0.25) is 0 Å². The number of nitrogens with one attached hydrogen (secondary N) is 1. The van der Waals surface area contributed by atoms with Crippen molar-refractivity contribution in [1.29, 1.82) is 0 Å². The number of benzene rings is 2. The summed E-state index contributed by atoms with van der Waals surface area (Å²) in [5.74, 6) is 0.330. The number of fused-ring (bicyclic) bond motifs is 6. The number of pyridine rings is 1. The summed E-state index contributed by atoms with van der Waals surface area (Å²) < 4.78 is 0. The van der Waals surface area contributed by atoms with Gasteiger partial charge in [-0.1, -0.05) is 62.7 Å². The Bertz CT molecular complexity index is 1920. The number of para-hydroxylation sites is 1. The first kappa shape index (κ1) is 39.2. The van der Waals surface area contributed by atoms with E-state index in [0.29, 0.717) is 67.8 Å². The quantitative estimate of drug-likeness (QED) is 0.122. The standard InChI is InChI=1S/C45H59ClN2O6/c1-25(10-15-39(52)53)32-13-14-33-41-34(22-38(51)44(32,33)5)43(4)18-19-45(54,23-30(43)21-37(41)50)17-16-28-11-12-29(35(46)20-28)24-47-42-31-8-6-7-9-36(31)48-26(2)40(42)27(3)49/h6-9,11-12,20,25,30,32-34,37-38,41,50-51,54H,10,13-19,21-24H2,1-5H3,(H,47,48)(H,52,53). The van der Waals surface area contributed by atoms with Crippen LogP contribution in [-0.2, 0) is 17.8 Å². The number of ketones is 1. The van der Waals surface area contributed by atoms with Gasteiger partial charge in [-0.05, 0) is 148 Å². The monoisotopic (exact) mass is 758 g/mol. The van der Waals surface area contributed by atoms with Crippen molar-refractivity contribution in [3.8, 4) is 0 Å². The third-order valence-electron chi connectivity index (χ3n) is 15.4. The van der Waals surface area contributed by atoms with E-state index >= 15 is 0 Å². The van der Waals surface area contributed by atoms with E-state index < -0.39 is 23.8 Å². The van der Waals surface area contributed by atoms with Crippen LogP contribution in [0.5, 0.6) is 0 Å². The number of anilines is 1. The molecule has 5 N–H and O–H groups in total. The highest BCUT2D eigenvalue weighted by Gasteiger charge is 2.66. The first-order chi connectivity index (χ1) is 25.6. The third-order valence-corrected chi connectivity index (χ3v) is 15.7. The van der Waals surface area contributed by atoms with Crippen LogP contribution in [-0.4, -0.2) is 55.0 Å². The van der Waals surface area contributed by atoms with Crippen LogP contribution in [0, 0.1) is 53.3 Å². The average Bonchev–Trinajstić information content (AvgIpc) is 3.48. The van der Waals surface area contributed by atoms with E-state index in [0.717, 1.165) is 47.0 Å². The smallest absolute Gasteiger partial charge is 0.303 e. The van der Waals surface area contributed by atoms with Gasteiger partial charge in [-0.25, -0.2) is 0 Å². The van der Waals surface area contributed by atoms with Crippen molar-refractivity contribution >= 4 is 39.9 Å². The summed E-state index contributed by atoms with van der Waals surface area (Å²) in [5, 5.41) is 50.2. The number of carbonyl (C=O) groups is 2. The summed E-state index contributed by atoms with van der Waals surface area (Å²) in [5.41, 5.74) is 3.62. The van der Waals surface area contributed by atoms with Gasteiger partial charge in [-0.15, -0.1) is 0 Å². The second kappa shape index (κ2) is 14.8. The van der Waals surface area contributed by atoms with E-state index in [1.807, 2.05) is 43.3 Å². The fourth-order valence-corrected chi connectivity index (χ4v) is 12.7. The topological polar surface area (TPSA) is 140 Å². The van der Waals surface area contributed by atoms with Gasteiger partial charge in [0.1, 0.15) is 0 Å². The molecule has 4 fully saturated rings. The highest BCUT2D eigenvalue weighted by atomic mass is 35.5. The lowest BCUT2D eigenvalue weighted by Gasteiger charge is -2.64. The van der Waals surface area contributed by atoms with Crippen LogP contribution in [0.25, 0.3) is 10.9 Å². The zero-order valence-electron chi connectivity index (χ0n) is 32.6. The molecule has 0 aliphatic heterocycles. The molecule has 0 spiro atoms. The Morgan fingerprint density at radius 2 is 1.81 bits per heavy atom. The summed E-state index contributed by atoms with van der Waals surface area (Å²) in [7, 11) is 0. The van der Waals surface area contributed by atoms with E-state index in [1.54, 1.807) is 6.92 Å². The number of aliphatic hydroxyl groups excluding tert-OH is 2. The summed E-state index contributed by atoms with van der Waals surface area (Å²) >= 11 is 6.85. The minimum Gasteiger partial charge on any atom is -0.481 e. The second-order valence-corrected chi connectivity index (χ2v) is 18.6. The molecule has 0 bridgehead atoms. The normalized spacial score (nSPS) is 35.2. The van der Waals surface area contributed by atoms with Crippen LogP contribution in [0.1, 0.15) is 119 Å². The van der Waals surface area contributed by atoms with Crippen LogP contribution in [0.4, 0.5) is 5.69 Å². The van der Waals surface area contributed by atoms with Gasteiger partial charge in [0, 0.05) is 23.4 Å². The van der Waals surface area contributed by atoms with Crippen molar-refractivity contribution in [1.82, 2.24) is 4.98 Å². The van der Waals surface area contributed by atoms with E-state index in [1.165, 1.54) is 0 Å². The fraction of sp³-hybridized carbons (Fsp3) is 0.622. The molecule has 3 aromatic rings. The molecular weight excluding hydrogens is 700 g/mol. The highest BCUT2D eigenvalue weighted by Crippen LogP contribution is 2.69. The minimum absolute atomic E-state index is 0.0409. The first-order valence-corrected chi connectivity index (χ1v) is 20.6. The van der Waals surface area contributed by atoms with Gasteiger partial charge in [0.05, 0.1) is 40.3 Å². The second-order valence-electron chi connectivity index (χ2n) is 18.2. The van der Waals surface area contributed by atoms with Crippen LogP contribution in [0.3, 0.4) is 0 Å². The summed E-state index contributed by atoms with van der Waals surface area (Å²) in [6.45, 7) is 10.6. The minimum atomic E-state index is -0.841. The molecule has 8 nitrogen and oxygen atoms in total. The molecule has 7 rings (SSSR count). The Morgan fingerprint density at radius 1 is 1.06 bits per heavy atom. The number of carboxylic acids is 1. The molecule has 2 aromatic carbocycles. The molecule has 11 atom stereocenters. The number of aromatic nitrogens is 1. The molecule has 1 aromatic heterocycles. The molecule has 11 unspecified atom stereocenters. The first-order valence-electron chi connectivity index (χ1n) is 20.3. The lowest BCUT2D eigenvalue weighted by Crippen LogP contribution is -2.63. The summed E-state index contributed by atoms with van der Waals surface area (Å²) in [6, 6.07) is 13.9. The van der Waals surface area contributed by atoms with E-state index in [2.05, 4.69) is 37.1 Å². The number of aliphatic hydroxyl groups is 3.